The highest BCUT2D eigenvalue weighted by atomic mass is 19.2. The quantitative estimate of drug-likeness (QED) is 0.0835. The van der Waals surface area contributed by atoms with Gasteiger partial charge in [0.2, 0.25) is 11.6 Å². The van der Waals surface area contributed by atoms with Crippen molar-refractivity contribution < 1.29 is 74.6 Å². The predicted octanol–water partition coefficient (Wildman–Crippen LogP) is 14.8. The van der Waals surface area contributed by atoms with Gasteiger partial charge in [0.25, 0.3) is 0 Å². The molecular weight excluding hydrogens is 865 g/mol. The monoisotopic (exact) mass is 883 g/mol. The minimum Gasteiger partial charge on any atom is -0.300 e. The Labute approximate surface area is 337 Å². The fourth-order valence-electron chi connectivity index (χ4n) is 6.93. The number of benzene rings is 7. The molecule has 0 heterocycles. The van der Waals surface area contributed by atoms with Gasteiger partial charge in [-0.05, 0) is 40.8 Å². The van der Waals surface area contributed by atoms with E-state index in [4.69, 9.17) is 0 Å². The van der Waals surface area contributed by atoms with Crippen LogP contribution in [-0.4, -0.2) is 0 Å². The fraction of sp³-hybridized carbons (Fsp3) is 0.0455. The summed E-state index contributed by atoms with van der Waals surface area (Å²) in [6.07, 6.45) is -1.03. The van der Waals surface area contributed by atoms with Crippen LogP contribution in [0, 0.1) is 98.9 Å². The summed E-state index contributed by atoms with van der Waals surface area (Å²) in [6, 6.07) is 19.0. The van der Waals surface area contributed by atoms with Crippen molar-refractivity contribution in [1.29, 1.82) is 0 Å². The zero-order valence-corrected chi connectivity index (χ0v) is 30.6. The summed E-state index contributed by atoms with van der Waals surface area (Å²) in [4.78, 5) is -0.374. The van der Waals surface area contributed by atoms with Crippen molar-refractivity contribution in [1.82, 2.24) is 0 Å². The van der Waals surface area contributed by atoms with Crippen molar-refractivity contribution in [3.8, 4) is 44.5 Å². The van der Waals surface area contributed by atoms with E-state index in [0.29, 0.717) is 16.7 Å². The Kier molecular flexibility index (Phi) is 11.3. The van der Waals surface area contributed by atoms with E-state index in [-0.39, 0.29) is 10.5 Å². The number of hydrogen-bond acceptors (Lipinski definition) is 1. The maximum atomic E-state index is 16.8. The van der Waals surface area contributed by atoms with E-state index in [1.165, 1.54) is 0 Å². The largest absolute Gasteiger partial charge is 0.300 e. The maximum absolute atomic E-state index is 16.8. The first-order valence-corrected chi connectivity index (χ1v) is 17.5. The molecule has 0 saturated heterocycles. The molecule has 0 fully saturated rings. The van der Waals surface area contributed by atoms with Crippen LogP contribution >= 0.6 is 0 Å². The second kappa shape index (κ2) is 16.2. The smallest absolute Gasteiger partial charge is 0.200 e. The molecule has 7 aromatic carbocycles. The molecule has 0 unspecified atom stereocenters. The number of rotatable bonds is 8. The molecule has 0 aliphatic carbocycles. The second-order valence-corrected chi connectivity index (χ2v) is 13.2. The van der Waals surface area contributed by atoms with Crippen molar-refractivity contribution in [2.75, 3.05) is 4.90 Å². The van der Waals surface area contributed by atoms with Gasteiger partial charge >= 0.3 is 0 Å². The van der Waals surface area contributed by atoms with Gasteiger partial charge in [-0.15, -0.1) is 0 Å². The first-order chi connectivity index (χ1) is 29.4. The summed E-state index contributed by atoms with van der Waals surface area (Å²) >= 11 is 0. The summed E-state index contributed by atoms with van der Waals surface area (Å²) in [5.74, 6) is -47.2. The maximum Gasteiger partial charge on any atom is 0.200 e. The summed E-state index contributed by atoms with van der Waals surface area (Å²) in [6.45, 7) is 0.887. The van der Waals surface area contributed by atoms with Crippen LogP contribution < -0.4 is 4.90 Å². The van der Waals surface area contributed by atoms with Crippen molar-refractivity contribution in [2.24, 2.45) is 0 Å². The molecule has 62 heavy (non-hydrogen) atoms. The molecule has 0 radical (unpaired) electrons. The minimum absolute atomic E-state index is 0.246. The lowest BCUT2D eigenvalue weighted by atomic mass is 9.93. The molecule has 0 atom stereocenters. The van der Waals surface area contributed by atoms with Gasteiger partial charge in [-0.1, -0.05) is 73.7 Å². The number of nitrogens with zero attached hydrogens (tertiary/aromatic N) is 1. The predicted molar refractivity (Wildman–Crippen MR) is 192 cm³/mol. The van der Waals surface area contributed by atoms with Crippen molar-refractivity contribution in [3.05, 3.63) is 183 Å². The molecule has 0 amide bonds. The van der Waals surface area contributed by atoms with Gasteiger partial charge < -0.3 is 0 Å². The van der Waals surface area contributed by atoms with Gasteiger partial charge in [0, 0.05) is 16.8 Å². The molecule has 18 heteroatoms. The third-order valence-corrected chi connectivity index (χ3v) is 9.80. The van der Waals surface area contributed by atoms with Crippen LogP contribution in [0.2, 0.25) is 0 Å². The zero-order valence-electron chi connectivity index (χ0n) is 30.6. The molecule has 7 rings (SSSR count). The zero-order chi connectivity index (χ0) is 45.2. The lowest BCUT2D eigenvalue weighted by molar-refractivity contribution is 0.379. The molecule has 0 saturated carbocycles. The molecule has 318 valence electrons. The van der Waals surface area contributed by atoms with E-state index in [1.54, 1.807) is 54.6 Å². The standard InChI is InChI=1S/C44H18F17N/c1-2-19-22(23-28(47)34(53)38(57)35(54)29(23)48)27(46)40(59)43(26(19)45)62(18-14-12-17(13-15-18)21-11-7-6-10-20(21)16-8-4-3-5-9-16)44-41(60)32(51)25(33(52)42(44)61)24-30(49)36(55)39(58)37(56)31(24)50/h3-15H,2H2,1H3. The Bertz CT molecular complexity index is 2880. The highest BCUT2D eigenvalue weighted by Gasteiger charge is 2.40. The molecule has 0 N–H and O–H groups in total. The minimum atomic E-state index is -2.92. The molecule has 7 aromatic rings. The van der Waals surface area contributed by atoms with Crippen LogP contribution in [0.25, 0.3) is 44.5 Å². The van der Waals surface area contributed by atoms with Crippen LogP contribution in [0.1, 0.15) is 12.5 Å². The molecule has 0 spiro atoms. The Morgan fingerprint density at radius 2 is 0.613 bits per heavy atom. The topological polar surface area (TPSA) is 3.24 Å². The first kappa shape index (κ1) is 43.2. The fourth-order valence-corrected chi connectivity index (χ4v) is 6.93. The molecule has 0 aliphatic rings. The number of anilines is 3. The Balaban J connectivity index is 1.55. The summed E-state index contributed by atoms with van der Waals surface area (Å²) in [5, 5.41) is 0. The third kappa shape index (κ3) is 6.59. The highest BCUT2D eigenvalue weighted by Crippen LogP contribution is 2.49. The number of hydrogen-bond donors (Lipinski definition) is 0. The van der Waals surface area contributed by atoms with E-state index < -0.39 is 150 Å². The van der Waals surface area contributed by atoms with E-state index in [9.17, 15) is 35.1 Å². The van der Waals surface area contributed by atoms with Crippen LogP contribution in [0.15, 0.2) is 78.9 Å². The first-order valence-electron chi connectivity index (χ1n) is 17.5. The lowest BCUT2D eigenvalue weighted by Crippen LogP contribution is -2.21. The van der Waals surface area contributed by atoms with Gasteiger partial charge in [0.15, 0.2) is 87.3 Å². The molecule has 0 aliphatic heterocycles. The lowest BCUT2D eigenvalue weighted by Gasteiger charge is -2.29. The molecule has 0 aromatic heterocycles. The van der Waals surface area contributed by atoms with Gasteiger partial charge in [0.1, 0.15) is 11.4 Å². The Morgan fingerprint density at radius 1 is 0.306 bits per heavy atom. The van der Waals surface area contributed by atoms with Crippen molar-refractivity contribution in [2.45, 2.75) is 13.3 Å². The Hall–Kier alpha value is -6.85. The highest BCUT2D eigenvalue weighted by molar-refractivity contribution is 5.87. The van der Waals surface area contributed by atoms with Gasteiger partial charge in [-0.3, -0.25) is 4.90 Å². The third-order valence-electron chi connectivity index (χ3n) is 9.80. The summed E-state index contributed by atoms with van der Waals surface area (Å²) in [7, 11) is 0. The average Bonchev–Trinajstić information content (AvgIpc) is 3.28. The average molecular weight is 884 g/mol. The summed E-state index contributed by atoms with van der Waals surface area (Å²) < 4.78 is 258. The molecular formula is C44H18F17N. The van der Waals surface area contributed by atoms with Crippen molar-refractivity contribution >= 4 is 17.1 Å². The van der Waals surface area contributed by atoms with E-state index >= 15 is 39.5 Å². The Morgan fingerprint density at radius 3 is 1.02 bits per heavy atom. The van der Waals surface area contributed by atoms with Crippen LogP contribution in [0.3, 0.4) is 0 Å². The van der Waals surface area contributed by atoms with E-state index in [1.807, 2.05) is 0 Å². The van der Waals surface area contributed by atoms with E-state index in [0.717, 1.165) is 31.2 Å². The van der Waals surface area contributed by atoms with Gasteiger partial charge in [-0.25, -0.2) is 74.6 Å². The van der Waals surface area contributed by atoms with Gasteiger partial charge in [0.05, 0.1) is 16.7 Å². The van der Waals surface area contributed by atoms with Gasteiger partial charge in [-0.2, -0.15) is 0 Å². The summed E-state index contributed by atoms with van der Waals surface area (Å²) in [5.41, 5.74) is -13.9. The van der Waals surface area contributed by atoms with Crippen LogP contribution in [0.5, 0.6) is 0 Å². The van der Waals surface area contributed by atoms with Crippen LogP contribution in [-0.2, 0) is 6.42 Å². The molecule has 1 nitrogen and oxygen atoms in total. The van der Waals surface area contributed by atoms with Crippen molar-refractivity contribution in [3.63, 3.8) is 0 Å². The van der Waals surface area contributed by atoms with Crippen LogP contribution in [0.4, 0.5) is 91.7 Å². The molecule has 0 bridgehead atoms. The normalized spacial score (nSPS) is 11.5. The number of halogens is 17. The second-order valence-electron chi connectivity index (χ2n) is 13.2. The van der Waals surface area contributed by atoms with E-state index in [2.05, 4.69) is 0 Å². The SMILES string of the molecule is CCc1c(F)c(N(c2ccc(-c3ccccc3-c3ccccc3)cc2)c2c(F)c(F)c(-c3c(F)c(F)c(F)c(F)c3F)c(F)c2F)c(F)c(F)c1-c1c(F)c(F)c(F)c(F)c1F.